The molecule has 2 rings (SSSR count). The number of hydrogen-bond donors (Lipinski definition) is 2. The van der Waals surface area contributed by atoms with E-state index in [9.17, 15) is 4.79 Å². The topological polar surface area (TPSA) is 44.4 Å². The number of likely N-dealkylation sites (tertiary alicyclic amines) is 1. The lowest BCUT2D eigenvalue weighted by Crippen LogP contribution is -2.49. The fraction of sp³-hybridized carbons (Fsp3) is 0.917. The van der Waals surface area contributed by atoms with Crippen LogP contribution in [0.3, 0.4) is 0 Å². The molecule has 1 saturated heterocycles. The Morgan fingerprint density at radius 2 is 2.25 bits per heavy atom. The van der Waals surface area contributed by atoms with Crippen molar-refractivity contribution in [3.05, 3.63) is 0 Å². The first-order valence-electron chi connectivity index (χ1n) is 6.30. The van der Waals surface area contributed by atoms with E-state index in [2.05, 4.69) is 22.6 Å². The van der Waals surface area contributed by atoms with Crippen molar-refractivity contribution in [1.82, 2.24) is 15.5 Å². The molecule has 0 spiro atoms. The Morgan fingerprint density at radius 3 is 2.81 bits per heavy atom. The van der Waals surface area contributed by atoms with Gasteiger partial charge >= 0.3 is 0 Å². The zero-order chi connectivity index (χ0) is 11.6. The Labute approximate surface area is 97.8 Å². The van der Waals surface area contributed by atoms with Gasteiger partial charge in [0.05, 0.1) is 5.41 Å². The van der Waals surface area contributed by atoms with Crippen LogP contribution in [0.2, 0.25) is 0 Å². The van der Waals surface area contributed by atoms with Gasteiger partial charge in [-0.15, -0.1) is 0 Å². The maximum Gasteiger partial charge on any atom is 0.227 e. The van der Waals surface area contributed by atoms with Gasteiger partial charge in [0.15, 0.2) is 0 Å². The van der Waals surface area contributed by atoms with Crippen LogP contribution in [0.15, 0.2) is 0 Å². The molecule has 92 valence electrons. The van der Waals surface area contributed by atoms with Gasteiger partial charge in [-0.05, 0) is 46.3 Å². The van der Waals surface area contributed by atoms with E-state index in [1.165, 1.54) is 6.42 Å². The smallest absolute Gasteiger partial charge is 0.227 e. The second-order valence-electron chi connectivity index (χ2n) is 5.39. The van der Waals surface area contributed by atoms with Gasteiger partial charge in [-0.3, -0.25) is 4.79 Å². The van der Waals surface area contributed by atoms with Gasteiger partial charge in [0.2, 0.25) is 5.91 Å². The molecule has 1 atom stereocenters. The van der Waals surface area contributed by atoms with Gasteiger partial charge in [-0.25, -0.2) is 0 Å². The molecule has 4 heteroatoms. The van der Waals surface area contributed by atoms with Crippen molar-refractivity contribution in [2.24, 2.45) is 5.41 Å². The van der Waals surface area contributed by atoms with E-state index in [0.29, 0.717) is 6.04 Å². The number of hydrogen-bond acceptors (Lipinski definition) is 3. The summed E-state index contributed by atoms with van der Waals surface area (Å²) in [6.07, 6.45) is 4.41. The predicted octanol–water partition coefficient (Wildman–Crippen LogP) is 0.196. The van der Waals surface area contributed by atoms with Gasteiger partial charge in [0.25, 0.3) is 0 Å². The Kier molecular flexibility index (Phi) is 3.50. The van der Waals surface area contributed by atoms with Crippen LogP contribution in [0.5, 0.6) is 0 Å². The normalized spacial score (nSPS) is 28.8. The summed E-state index contributed by atoms with van der Waals surface area (Å²) in [6, 6.07) is 0.362. The van der Waals surface area contributed by atoms with Crippen LogP contribution in [0.25, 0.3) is 0 Å². The third-order valence-electron chi connectivity index (χ3n) is 3.81. The summed E-state index contributed by atoms with van der Waals surface area (Å²) in [7, 11) is 4.04. The monoisotopic (exact) mass is 225 g/mol. The molecule has 0 radical (unpaired) electrons. The number of piperidine rings is 1. The Bertz CT molecular complexity index is 263. The first kappa shape index (κ1) is 11.9. The molecule has 1 saturated carbocycles. The van der Waals surface area contributed by atoms with Gasteiger partial charge in [0.1, 0.15) is 0 Å². The van der Waals surface area contributed by atoms with Crippen molar-refractivity contribution >= 4 is 5.91 Å². The van der Waals surface area contributed by atoms with Gasteiger partial charge in [0, 0.05) is 19.1 Å². The zero-order valence-electron chi connectivity index (χ0n) is 10.4. The Balaban J connectivity index is 1.82. The zero-order valence-corrected chi connectivity index (χ0v) is 10.4. The third-order valence-corrected chi connectivity index (χ3v) is 3.81. The minimum atomic E-state index is -0.0786. The van der Waals surface area contributed by atoms with E-state index in [0.717, 1.165) is 38.9 Å². The highest BCUT2D eigenvalue weighted by Crippen LogP contribution is 2.45. The van der Waals surface area contributed by atoms with Crippen LogP contribution in [0.4, 0.5) is 0 Å². The number of carbonyl (C=O) groups is 1. The lowest BCUT2D eigenvalue weighted by Gasteiger charge is -2.31. The first-order valence-corrected chi connectivity index (χ1v) is 6.30. The Morgan fingerprint density at radius 1 is 1.50 bits per heavy atom. The SMILES string of the molecule is CNCC1(C(=O)NC2CCCN(C)C2)CC1. The maximum atomic E-state index is 12.1. The van der Waals surface area contributed by atoms with Gasteiger partial charge in [-0.2, -0.15) is 0 Å². The number of carbonyl (C=O) groups excluding carboxylic acids is 1. The number of nitrogens with zero attached hydrogens (tertiary/aromatic N) is 1. The molecular formula is C12H23N3O. The highest BCUT2D eigenvalue weighted by Gasteiger charge is 2.49. The predicted molar refractivity (Wildman–Crippen MR) is 64.3 cm³/mol. The largest absolute Gasteiger partial charge is 0.352 e. The molecule has 0 aromatic carbocycles. The lowest BCUT2D eigenvalue weighted by molar-refractivity contribution is -0.127. The van der Waals surface area contributed by atoms with Crippen LogP contribution in [-0.2, 0) is 4.79 Å². The fourth-order valence-corrected chi connectivity index (χ4v) is 2.60. The second kappa shape index (κ2) is 4.72. The molecule has 16 heavy (non-hydrogen) atoms. The van der Waals surface area contributed by atoms with Crippen molar-refractivity contribution in [2.75, 3.05) is 33.7 Å². The van der Waals surface area contributed by atoms with Crippen LogP contribution in [0, 0.1) is 5.41 Å². The number of nitrogens with one attached hydrogen (secondary N) is 2. The molecule has 4 nitrogen and oxygen atoms in total. The highest BCUT2D eigenvalue weighted by atomic mass is 16.2. The molecule has 0 aromatic heterocycles. The summed E-state index contributed by atoms with van der Waals surface area (Å²) in [4.78, 5) is 14.4. The van der Waals surface area contributed by atoms with Crippen LogP contribution in [-0.4, -0.2) is 50.6 Å². The van der Waals surface area contributed by atoms with E-state index in [-0.39, 0.29) is 11.3 Å². The van der Waals surface area contributed by atoms with E-state index in [1.807, 2.05) is 7.05 Å². The quantitative estimate of drug-likeness (QED) is 0.718. The van der Waals surface area contributed by atoms with Crippen molar-refractivity contribution in [1.29, 1.82) is 0 Å². The van der Waals surface area contributed by atoms with Crippen molar-refractivity contribution in [3.8, 4) is 0 Å². The average Bonchev–Trinajstić information content (AvgIpc) is 2.99. The standard InChI is InChI=1S/C12H23N3O/c1-13-9-12(5-6-12)11(16)14-10-4-3-7-15(2)8-10/h10,13H,3-9H2,1-2H3,(H,14,16). The molecule has 1 amide bonds. The highest BCUT2D eigenvalue weighted by molar-refractivity contribution is 5.85. The summed E-state index contributed by atoms with van der Waals surface area (Å²) in [5.41, 5.74) is -0.0786. The van der Waals surface area contributed by atoms with Gasteiger partial charge in [-0.1, -0.05) is 0 Å². The van der Waals surface area contributed by atoms with E-state index in [1.54, 1.807) is 0 Å². The summed E-state index contributed by atoms with van der Waals surface area (Å²) < 4.78 is 0. The molecule has 2 aliphatic rings. The van der Waals surface area contributed by atoms with Crippen LogP contribution < -0.4 is 10.6 Å². The summed E-state index contributed by atoms with van der Waals surface area (Å²) in [5, 5.41) is 6.34. The lowest BCUT2D eigenvalue weighted by atomic mass is 10.0. The molecule has 1 aliphatic heterocycles. The molecule has 1 aliphatic carbocycles. The second-order valence-corrected chi connectivity index (χ2v) is 5.39. The molecule has 1 unspecified atom stereocenters. The maximum absolute atomic E-state index is 12.1. The number of likely N-dealkylation sites (N-methyl/N-ethyl adjacent to an activating group) is 1. The fourth-order valence-electron chi connectivity index (χ4n) is 2.60. The van der Waals surface area contributed by atoms with E-state index < -0.39 is 0 Å². The van der Waals surface area contributed by atoms with Crippen LogP contribution in [0.1, 0.15) is 25.7 Å². The Hall–Kier alpha value is -0.610. The van der Waals surface area contributed by atoms with Crippen molar-refractivity contribution < 1.29 is 4.79 Å². The van der Waals surface area contributed by atoms with E-state index >= 15 is 0 Å². The number of amides is 1. The average molecular weight is 225 g/mol. The molecule has 2 N–H and O–H groups in total. The van der Waals surface area contributed by atoms with Crippen molar-refractivity contribution in [2.45, 2.75) is 31.7 Å². The van der Waals surface area contributed by atoms with E-state index in [4.69, 9.17) is 0 Å². The van der Waals surface area contributed by atoms with Crippen molar-refractivity contribution in [3.63, 3.8) is 0 Å². The summed E-state index contributed by atoms with van der Waals surface area (Å²) >= 11 is 0. The molecule has 1 heterocycles. The minimum Gasteiger partial charge on any atom is -0.352 e. The summed E-state index contributed by atoms with van der Waals surface area (Å²) in [6.45, 7) is 2.98. The minimum absolute atomic E-state index is 0.0786. The van der Waals surface area contributed by atoms with Crippen LogP contribution >= 0.6 is 0 Å². The molecular weight excluding hydrogens is 202 g/mol. The molecule has 0 bridgehead atoms. The molecule has 0 aromatic rings. The van der Waals surface area contributed by atoms with Gasteiger partial charge < -0.3 is 15.5 Å². The first-order chi connectivity index (χ1) is 7.66. The third kappa shape index (κ3) is 2.55. The molecule has 2 fully saturated rings. The summed E-state index contributed by atoms with van der Waals surface area (Å²) in [5.74, 6) is 0.266. The number of rotatable bonds is 4.